The van der Waals surface area contributed by atoms with E-state index in [9.17, 15) is 9.59 Å². The molecule has 0 radical (unpaired) electrons. The zero-order chi connectivity index (χ0) is 15.2. The molecule has 0 unspecified atom stereocenters. The second kappa shape index (κ2) is 7.06. The van der Waals surface area contributed by atoms with Crippen LogP contribution in [0.2, 0.25) is 0 Å². The highest BCUT2D eigenvalue weighted by atomic mass is 32.2. The van der Waals surface area contributed by atoms with Crippen molar-refractivity contribution in [1.29, 1.82) is 0 Å². The maximum absolute atomic E-state index is 11.9. The Morgan fingerprint density at radius 1 is 1.45 bits per heavy atom. The molecule has 5 nitrogen and oxygen atoms in total. The Morgan fingerprint density at radius 3 is 2.55 bits per heavy atom. The maximum atomic E-state index is 11.9. The molecule has 1 aromatic rings. The Balaban J connectivity index is 2.55. The van der Waals surface area contributed by atoms with Crippen LogP contribution in [0.25, 0.3) is 0 Å². The van der Waals surface area contributed by atoms with Gasteiger partial charge in [0.2, 0.25) is 11.7 Å². The number of hydrogen-bond acceptors (Lipinski definition) is 4. The van der Waals surface area contributed by atoms with Gasteiger partial charge in [-0.2, -0.15) is 0 Å². The van der Waals surface area contributed by atoms with Gasteiger partial charge in [-0.1, -0.05) is 31.5 Å². The number of thioether (sulfide) groups is 1. The van der Waals surface area contributed by atoms with Crippen molar-refractivity contribution in [2.24, 2.45) is 0 Å². The number of carboxylic acid groups (broad SMARTS) is 1. The van der Waals surface area contributed by atoms with Crippen molar-refractivity contribution < 1.29 is 19.1 Å². The minimum atomic E-state index is -1.13. The van der Waals surface area contributed by atoms with E-state index in [2.05, 4.69) is 11.2 Å². The monoisotopic (exact) mass is 295 g/mol. The van der Waals surface area contributed by atoms with Crippen LogP contribution in [0.5, 0.6) is 0 Å². The van der Waals surface area contributed by atoms with Crippen molar-refractivity contribution in [3.05, 3.63) is 17.9 Å². The number of hydrogen-bond donors (Lipinski definition) is 2. The van der Waals surface area contributed by atoms with Crippen LogP contribution in [0, 0.1) is 12.3 Å². The summed E-state index contributed by atoms with van der Waals surface area (Å²) in [4.78, 5) is 22.5. The van der Waals surface area contributed by atoms with E-state index in [0.29, 0.717) is 17.9 Å². The van der Waals surface area contributed by atoms with Gasteiger partial charge >= 0.3 is 5.97 Å². The van der Waals surface area contributed by atoms with E-state index in [4.69, 9.17) is 15.9 Å². The molecule has 0 bridgehead atoms. The molecule has 0 aliphatic carbocycles. The number of furan rings is 1. The van der Waals surface area contributed by atoms with E-state index in [1.165, 1.54) is 12.1 Å². The molecule has 1 aromatic heterocycles. The maximum Gasteiger partial charge on any atom is 0.371 e. The first-order valence-electron chi connectivity index (χ1n) is 6.21. The summed E-state index contributed by atoms with van der Waals surface area (Å²) < 4.78 is 5.05. The van der Waals surface area contributed by atoms with Crippen LogP contribution < -0.4 is 5.32 Å². The Bertz CT molecular complexity index is 526. The topological polar surface area (TPSA) is 79.5 Å². The van der Waals surface area contributed by atoms with E-state index in [1.807, 2.05) is 13.8 Å². The van der Waals surface area contributed by atoms with Gasteiger partial charge in [-0.15, -0.1) is 6.42 Å². The summed E-state index contributed by atoms with van der Waals surface area (Å²) in [5, 5.41) is 11.9. The molecule has 1 amide bonds. The summed E-state index contributed by atoms with van der Waals surface area (Å²) in [7, 11) is 0. The summed E-state index contributed by atoms with van der Waals surface area (Å²) in [6, 6.07) is 2.88. The first-order chi connectivity index (χ1) is 9.46. The van der Waals surface area contributed by atoms with Gasteiger partial charge in [0.1, 0.15) is 5.54 Å². The molecule has 20 heavy (non-hydrogen) atoms. The fourth-order valence-electron chi connectivity index (χ4n) is 1.62. The molecule has 2 N–H and O–H groups in total. The lowest BCUT2D eigenvalue weighted by Crippen LogP contribution is -2.47. The highest BCUT2D eigenvalue weighted by molar-refractivity contribution is 7.99. The molecule has 0 spiro atoms. The molecule has 1 heterocycles. The van der Waals surface area contributed by atoms with Crippen LogP contribution in [-0.4, -0.2) is 28.3 Å². The Morgan fingerprint density at radius 2 is 2.10 bits per heavy atom. The van der Waals surface area contributed by atoms with Gasteiger partial charge in [-0.3, -0.25) is 4.79 Å². The molecule has 6 heteroatoms. The number of aromatic carboxylic acids is 1. The third-order valence-electron chi connectivity index (χ3n) is 3.00. The minimum Gasteiger partial charge on any atom is -0.475 e. The molecule has 0 aromatic carbocycles. The number of amides is 1. The van der Waals surface area contributed by atoms with Crippen molar-refractivity contribution in [1.82, 2.24) is 5.32 Å². The lowest BCUT2D eigenvalue weighted by molar-refractivity contribution is -0.119. The zero-order valence-electron chi connectivity index (χ0n) is 11.4. The second-order valence-electron chi connectivity index (χ2n) is 4.19. The molecule has 0 aliphatic rings. The summed E-state index contributed by atoms with van der Waals surface area (Å²) >= 11 is 1.13. The van der Waals surface area contributed by atoms with Gasteiger partial charge in [0.05, 0.1) is 5.75 Å². The predicted molar refractivity (Wildman–Crippen MR) is 76.7 cm³/mol. The van der Waals surface area contributed by atoms with E-state index < -0.39 is 11.5 Å². The summed E-state index contributed by atoms with van der Waals surface area (Å²) in [6.45, 7) is 3.84. The smallest absolute Gasteiger partial charge is 0.371 e. The van der Waals surface area contributed by atoms with Gasteiger partial charge in [0.15, 0.2) is 5.09 Å². The highest BCUT2D eigenvalue weighted by Crippen LogP contribution is 2.21. The number of rotatable bonds is 7. The minimum absolute atomic E-state index is 0.121. The lowest BCUT2D eigenvalue weighted by Gasteiger charge is -2.26. The van der Waals surface area contributed by atoms with Crippen molar-refractivity contribution in [2.45, 2.75) is 37.3 Å². The highest BCUT2D eigenvalue weighted by Gasteiger charge is 2.25. The quantitative estimate of drug-likeness (QED) is 0.596. The number of terminal acetylenes is 1. The Labute approximate surface area is 122 Å². The van der Waals surface area contributed by atoms with E-state index in [1.54, 1.807) is 0 Å². The predicted octanol–water partition coefficient (Wildman–Crippen LogP) is 2.38. The first kappa shape index (κ1) is 16.2. The standard InChI is InChI=1S/C14H17NO4S/c1-4-14(5-2,6-3)15-11(16)9-20-12-8-7-10(19-12)13(17)18/h1,7-8H,5-6,9H2,2-3H3,(H,15,16)(H,17,18). The van der Waals surface area contributed by atoms with Gasteiger partial charge in [-0.25, -0.2) is 4.79 Å². The van der Waals surface area contributed by atoms with Crippen molar-refractivity contribution >= 4 is 23.6 Å². The molecule has 0 saturated carbocycles. The van der Waals surface area contributed by atoms with Crippen LogP contribution in [0.4, 0.5) is 0 Å². The molecule has 0 atom stereocenters. The van der Waals surface area contributed by atoms with Crippen LogP contribution in [0.1, 0.15) is 37.2 Å². The molecule has 1 rings (SSSR count). The third-order valence-corrected chi connectivity index (χ3v) is 3.91. The summed E-state index contributed by atoms with van der Waals surface area (Å²) in [5.74, 6) is 1.26. The van der Waals surface area contributed by atoms with Gasteiger partial charge in [-0.05, 0) is 25.0 Å². The number of nitrogens with one attached hydrogen (secondary N) is 1. The first-order valence-corrected chi connectivity index (χ1v) is 7.19. The van der Waals surface area contributed by atoms with E-state index in [0.717, 1.165) is 11.8 Å². The largest absolute Gasteiger partial charge is 0.475 e. The fraction of sp³-hybridized carbons (Fsp3) is 0.429. The lowest BCUT2D eigenvalue weighted by atomic mass is 9.94. The fourth-order valence-corrected chi connectivity index (χ4v) is 2.28. The van der Waals surface area contributed by atoms with Crippen LogP contribution in [0.3, 0.4) is 0 Å². The molecule has 0 aliphatic heterocycles. The third kappa shape index (κ3) is 4.07. The normalized spacial score (nSPS) is 10.8. The molecular weight excluding hydrogens is 278 g/mol. The van der Waals surface area contributed by atoms with Crippen molar-refractivity contribution in [3.63, 3.8) is 0 Å². The Hall–Kier alpha value is -1.87. The summed E-state index contributed by atoms with van der Waals surface area (Å²) in [5.41, 5.74) is -0.618. The molecule has 0 fully saturated rings. The number of carbonyl (C=O) groups excluding carboxylic acids is 1. The van der Waals surface area contributed by atoms with Crippen molar-refractivity contribution in [2.75, 3.05) is 5.75 Å². The molecule has 108 valence electrons. The van der Waals surface area contributed by atoms with Crippen LogP contribution in [0.15, 0.2) is 21.6 Å². The van der Waals surface area contributed by atoms with Gasteiger partial charge < -0.3 is 14.8 Å². The average Bonchev–Trinajstić information content (AvgIpc) is 2.92. The van der Waals surface area contributed by atoms with E-state index >= 15 is 0 Å². The SMILES string of the molecule is C#CC(CC)(CC)NC(=O)CSc1ccc(C(=O)O)o1. The zero-order valence-corrected chi connectivity index (χ0v) is 12.3. The van der Waals surface area contributed by atoms with Gasteiger partial charge in [0.25, 0.3) is 0 Å². The number of carboxylic acids is 1. The molecular formula is C14H17NO4S. The van der Waals surface area contributed by atoms with Crippen LogP contribution in [-0.2, 0) is 4.79 Å². The van der Waals surface area contributed by atoms with Crippen LogP contribution >= 0.6 is 11.8 Å². The van der Waals surface area contributed by atoms with Gasteiger partial charge in [0, 0.05) is 0 Å². The van der Waals surface area contributed by atoms with Crippen molar-refractivity contribution in [3.8, 4) is 12.3 Å². The number of carbonyl (C=O) groups is 2. The second-order valence-corrected chi connectivity index (χ2v) is 5.17. The summed E-state index contributed by atoms with van der Waals surface area (Å²) in [6.07, 6.45) is 6.77. The van der Waals surface area contributed by atoms with E-state index in [-0.39, 0.29) is 17.4 Å². The molecule has 0 saturated heterocycles. The average molecular weight is 295 g/mol. The Kier molecular flexibility index (Phi) is 5.71.